The summed E-state index contributed by atoms with van der Waals surface area (Å²) in [6.07, 6.45) is 6.82. The Morgan fingerprint density at radius 3 is 2.79 bits per heavy atom. The molecule has 34 heavy (non-hydrogen) atoms. The zero-order chi connectivity index (χ0) is 24.7. The van der Waals surface area contributed by atoms with Gasteiger partial charge in [0.15, 0.2) is 0 Å². The van der Waals surface area contributed by atoms with Crippen molar-refractivity contribution in [2.24, 2.45) is 5.92 Å². The Kier molecular flexibility index (Phi) is 9.84. The number of methoxy groups -OCH3 is 1. The van der Waals surface area contributed by atoms with E-state index < -0.39 is 0 Å². The summed E-state index contributed by atoms with van der Waals surface area (Å²) in [6.45, 7) is 10.2. The number of unbranched alkanes of at least 4 members (excludes halogenated alkanes) is 1. The Hall–Kier alpha value is -2.05. The molecule has 1 aliphatic rings. The minimum Gasteiger partial charge on any atom is -0.461 e. The summed E-state index contributed by atoms with van der Waals surface area (Å²) >= 11 is 0. The number of piperidine rings is 1. The van der Waals surface area contributed by atoms with Crippen LogP contribution in [0.15, 0.2) is 28.7 Å². The summed E-state index contributed by atoms with van der Waals surface area (Å²) in [5, 5.41) is 4.48. The molecule has 0 radical (unpaired) electrons. The van der Waals surface area contributed by atoms with Crippen LogP contribution in [0.25, 0.3) is 11.0 Å². The lowest BCUT2D eigenvalue weighted by Gasteiger charge is -2.45. The molecule has 0 spiro atoms. The summed E-state index contributed by atoms with van der Waals surface area (Å²) in [7, 11) is 3.70. The maximum atomic E-state index is 14.4. The number of benzene rings is 1. The number of aryl methyl sites for hydroxylation is 1. The minimum atomic E-state index is -0.161. The average Bonchev–Trinajstić information content (AvgIpc) is 3.21. The molecule has 6 nitrogen and oxygen atoms in total. The van der Waals surface area contributed by atoms with Crippen molar-refractivity contribution < 1.29 is 13.9 Å². The van der Waals surface area contributed by atoms with Crippen molar-refractivity contribution in [1.82, 2.24) is 15.1 Å². The van der Waals surface area contributed by atoms with E-state index in [0.717, 1.165) is 80.3 Å². The molecule has 2 unspecified atom stereocenters. The van der Waals surface area contributed by atoms with Gasteiger partial charge in [-0.2, -0.15) is 0 Å². The lowest BCUT2D eigenvalue weighted by atomic mass is 9.93. The molecular weight excluding hydrogens is 426 g/mol. The van der Waals surface area contributed by atoms with Gasteiger partial charge in [0.2, 0.25) is 0 Å². The van der Waals surface area contributed by atoms with Crippen LogP contribution in [0.1, 0.15) is 83.1 Å². The molecule has 0 bridgehead atoms. The van der Waals surface area contributed by atoms with Gasteiger partial charge in [-0.05, 0) is 58.1 Å². The molecule has 1 saturated heterocycles. The normalized spacial score (nSPS) is 18.4. The van der Waals surface area contributed by atoms with Crippen LogP contribution < -0.4 is 5.32 Å². The predicted octanol–water partition coefficient (Wildman–Crippen LogP) is 6.49. The van der Waals surface area contributed by atoms with Crippen LogP contribution >= 0.6 is 0 Å². The Labute approximate surface area is 206 Å². The lowest BCUT2D eigenvalue weighted by molar-refractivity contribution is -0.0447. The van der Waals surface area contributed by atoms with E-state index >= 15 is 0 Å². The van der Waals surface area contributed by atoms with E-state index in [1.54, 1.807) is 7.11 Å². The molecule has 2 heterocycles. The lowest BCUT2D eigenvalue weighted by Crippen LogP contribution is -2.56. The zero-order valence-corrected chi connectivity index (χ0v) is 22.1. The predicted molar refractivity (Wildman–Crippen MR) is 139 cm³/mol. The van der Waals surface area contributed by atoms with E-state index in [2.05, 4.69) is 55.3 Å². The largest absolute Gasteiger partial charge is 0.461 e. The second-order valence-electron chi connectivity index (χ2n) is 10.2. The molecule has 1 aliphatic heterocycles. The highest BCUT2D eigenvalue weighted by Gasteiger charge is 2.38. The van der Waals surface area contributed by atoms with Crippen LogP contribution in [0.4, 0.5) is 4.79 Å². The van der Waals surface area contributed by atoms with Crippen molar-refractivity contribution >= 4 is 17.0 Å². The van der Waals surface area contributed by atoms with Crippen LogP contribution in [0.5, 0.6) is 0 Å². The van der Waals surface area contributed by atoms with E-state index in [0.29, 0.717) is 5.92 Å². The number of rotatable bonds is 11. The molecule has 3 rings (SSSR count). The number of likely N-dealkylation sites (tertiary alicyclic amines) is 1. The number of carbonyl (C=O) groups excluding carboxylic acids is 1. The number of carbonyl (C=O) groups is 1. The van der Waals surface area contributed by atoms with E-state index in [1.165, 1.54) is 0 Å². The first-order valence-corrected chi connectivity index (χ1v) is 13.2. The minimum absolute atomic E-state index is 0.0572. The Balaban J connectivity index is 2.13. The van der Waals surface area contributed by atoms with Crippen molar-refractivity contribution in [3.63, 3.8) is 0 Å². The third-order valence-corrected chi connectivity index (χ3v) is 6.99. The van der Waals surface area contributed by atoms with Crippen molar-refractivity contribution in [2.75, 3.05) is 27.2 Å². The number of likely N-dealkylation sites (N-methyl/N-ethyl adjacent to an activating group) is 1. The number of nitrogens with zero attached hydrogens (tertiary/aromatic N) is 2. The van der Waals surface area contributed by atoms with Gasteiger partial charge >= 0.3 is 6.03 Å². The van der Waals surface area contributed by atoms with Crippen molar-refractivity contribution in [1.29, 1.82) is 0 Å². The third kappa shape index (κ3) is 6.14. The fraction of sp³-hybridized carbons (Fsp3) is 0.679. The number of hydrogen-bond donors (Lipinski definition) is 1. The molecule has 0 saturated carbocycles. The van der Waals surface area contributed by atoms with Gasteiger partial charge in [0.05, 0.1) is 6.04 Å². The molecule has 0 aliphatic carbocycles. The first kappa shape index (κ1) is 26.6. The molecule has 2 aromatic rings. The van der Waals surface area contributed by atoms with Crippen LogP contribution in [0.2, 0.25) is 0 Å². The number of fused-ring (bicyclic) bond motifs is 1. The van der Waals surface area contributed by atoms with Gasteiger partial charge in [0.1, 0.15) is 17.6 Å². The van der Waals surface area contributed by atoms with Gasteiger partial charge in [0, 0.05) is 37.2 Å². The highest BCUT2D eigenvalue weighted by molar-refractivity contribution is 5.83. The molecule has 1 aromatic carbocycles. The summed E-state index contributed by atoms with van der Waals surface area (Å²) in [5.41, 5.74) is 2.02. The maximum absolute atomic E-state index is 14.4. The Bertz CT molecular complexity index is 909. The van der Waals surface area contributed by atoms with Crippen LogP contribution in [0, 0.1) is 12.8 Å². The highest BCUT2D eigenvalue weighted by Crippen LogP contribution is 2.37. The smallest absolute Gasteiger partial charge is 0.322 e. The van der Waals surface area contributed by atoms with Gasteiger partial charge in [-0.15, -0.1) is 0 Å². The molecule has 1 N–H and O–H groups in total. The van der Waals surface area contributed by atoms with Crippen LogP contribution in [-0.2, 0) is 4.74 Å². The average molecular weight is 472 g/mol. The third-order valence-electron chi connectivity index (χ3n) is 6.99. The number of urea groups is 1. The standard InChI is InChI=1S/C28H45N3O3/c1-7-8-14-25(24-13-11-12-22-18-21(4)34-27(22)24)31(23(19-29-5)17-20(2)3)28(32)30-16-10-9-15-26(30)33-6/h11-13,18,20,23,25-26,29H,7-10,14-17,19H2,1-6H3/t23-,25?,26?/m0/s1. The molecule has 190 valence electrons. The summed E-state index contributed by atoms with van der Waals surface area (Å²) < 4.78 is 12.0. The summed E-state index contributed by atoms with van der Waals surface area (Å²) in [5.74, 6) is 1.38. The molecule has 2 amide bonds. The van der Waals surface area contributed by atoms with Gasteiger partial charge in [-0.1, -0.05) is 51.8 Å². The molecular formula is C28H45N3O3. The number of furan rings is 1. The molecule has 1 fully saturated rings. The molecule has 3 atom stereocenters. The fourth-order valence-corrected chi connectivity index (χ4v) is 5.45. The Morgan fingerprint density at radius 2 is 2.12 bits per heavy atom. The molecule has 1 aromatic heterocycles. The number of nitrogens with one attached hydrogen (secondary N) is 1. The van der Waals surface area contributed by atoms with Crippen LogP contribution in [0.3, 0.4) is 0 Å². The van der Waals surface area contributed by atoms with E-state index in [4.69, 9.17) is 9.15 Å². The summed E-state index contributed by atoms with van der Waals surface area (Å²) in [4.78, 5) is 18.5. The van der Waals surface area contributed by atoms with Gasteiger partial charge in [0.25, 0.3) is 0 Å². The first-order chi connectivity index (χ1) is 16.4. The topological polar surface area (TPSA) is 58.0 Å². The summed E-state index contributed by atoms with van der Waals surface area (Å²) in [6, 6.07) is 8.55. The maximum Gasteiger partial charge on any atom is 0.322 e. The van der Waals surface area contributed by atoms with Crippen molar-refractivity contribution in [3.8, 4) is 0 Å². The Morgan fingerprint density at radius 1 is 1.32 bits per heavy atom. The number of amides is 2. The van der Waals surface area contributed by atoms with E-state index in [1.807, 2.05) is 18.9 Å². The molecule has 6 heteroatoms. The monoisotopic (exact) mass is 471 g/mol. The number of hydrogen-bond acceptors (Lipinski definition) is 4. The van der Waals surface area contributed by atoms with Gasteiger partial charge in [-0.25, -0.2) is 4.79 Å². The zero-order valence-electron chi connectivity index (χ0n) is 22.1. The fourth-order valence-electron chi connectivity index (χ4n) is 5.45. The van der Waals surface area contributed by atoms with Gasteiger partial charge < -0.3 is 19.4 Å². The van der Waals surface area contributed by atoms with Crippen LogP contribution in [-0.4, -0.2) is 55.3 Å². The number of ether oxygens (including phenoxy) is 1. The van der Waals surface area contributed by atoms with Gasteiger partial charge in [-0.3, -0.25) is 4.90 Å². The highest BCUT2D eigenvalue weighted by atomic mass is 16.5. The van der Waals surface area contributed by atoms with Crippen molar-refractivity contribution in [3.05, 3.63) is 35.6 Å². The van der Waals surface area contributed by atoms with E-state index in [9.17, 15) is 4.79 Å². The quantitative estimate of drug-likeness (QED) is 0.407. The second kappa shape index (κ2) is 12.6. The van der Waals surface area contributed by atoms with Crippen molar-refractivity contribution in [2.45, 2.75) is 91.0 Å². The SMILES string of the molecule is CCCCC(c1cccc2cc(C)oc12)N(C(=O)N1CCCCC1OC)[C@H](CNC)CC(C)C. The van der Waals surface area contributed by atoms with E-state index in [-0.39, 0.29) is 24.3 Å². The second-order valence-corrected chi connectivity index (χ2v) is 10.2. The number of para-hydroxylation sites is 1. The first-order valence-electron chi connectivity index (χ1n) is 13.2.